The molecule has 0 bridgehead atoms. The number of alkyl halides is 3. The van der Waals surface area contributed by atoms with Crippen LogP contribution in [0, 0.1) is 10.1 Å². The minimum Gasteiger partial charge on any atom is -0.286 e. The van der Waals surface area contributed by atoms with E-state index >= 15 is 0 Å². The Morgan fingerprint density at radius 1 is 0.913 bits per heavy atom. The summed E-state index contributed by atoms with van der Waals surface area (Å²) < 4.78 is 38.3. The number of nitro benzene ring substituents is 1. The Hall–Kier alpha value is -2.41. The van der Waals surface area contributed by atoms with Crippen molar-refractivity contribution in [1.82, 2.24) is 4.90 Å². The van der Waals surface area contributed by atoms with E-state index in [2.05, 4.69) is 0 Å². The Labute approximate surface area is 131 Å². The van der Waals surface area contributed by atoms with Gasteiger partial charge < -0.3 is 0 Å². The highest BCUT2D eigenvalue weighted by atomic mass is 19.4. The number of hydrogen-bond donors (Lipinski definition) is 0. The highest BCUT2D eigenvalue weighted by Crippen LogP contribution is 2.21. The summed E-state index contributed by atoms with van der Waals surface area (Å²) in [4.78, 5) is 11.3. The van der Waals surface area contributed by atoms with E-state index in [4.69, 9.17) is 0 Å². The quantitative estimate of drug-likeness (QED) is 0.592. The average molecular weight is 324 g/mol. The maximum atomic E-state index is 12.8. The second-order valence-electron chi connectivity index (χ2n) is 5.17. The van der Waals surface area contributed by atoms with Gasteiger partial charge in [-0.05, 0) is 11.1 Å². The summed E-state index contributed by atoms with van der Waals surface area (Å²) in [7, 11) is 0. The van der Waals surface area contributed by atoms with E-state index in [1.807, 2.05) is 0 Å². The van der Waals surface area contributed by atoms with Crippen LogP contribution < -0.4 is 0 Å². The molecule has 7 heteroatoms. The van der Waals surface area contributed by atoms with Crippen molar-refractivity contribution in [3.8, 4) is 0 Å². The Balaban J connectivity index is 2.11. The molecule has 4 nitrogen and oxygen atoms in total. The van der Waals surface area contributed by atoms with Crippen molar-refractivity contribution >= 4 is 5.69 Å². The molecule has 0 spiro atoms. The van der Waals surface area contributed by atoms with Gasteiger partial charge in [0.2, 0.25) is 0 Å². The van der Waals surface area contributed by atoms with E-state index < -0.39 is 17.6 Å². The molecule has 0 aliphatic heterocycles. The number of non-ortho nitro benzene ring substituents is 1. The number of benzene rings is 2. The van der Waals surface area contributed by atoms with E-state index in [0.717, 1.165) is 5.56 Å². The van der Waals surface area contributed by atoms with Gasteiger partial charge in [0.15, 0.2) is 0 Å². The molecule has 0 atom stereocenters. The fourth-order valence-electron chi connectivity index (χ4n) is 2.24. The molecule has 0 aliphatic carbocycles. The Morgan fingerprint density at radius 2 is 1.43 bits per heavy atom. The van der Waals surface area contributed by atoms with E-state index in [0.29, 0.717) is 5.56 Å². The molecule has 0 saturated carbocycles. The normalized spacial score (nSPS) is 11.7. The molecule has 23 heavy (non-hydrogen) atoms. The summed E-state index contributed by atoms with van der Waals surface area (Å²) in [5.41, 5.74) is 1.29. The van der Waals surface area contributed by atoms with Gasteiger partial charge in [-0.15, -0.1) is 0 Å². The largest absolute Gasteiger partial charge is 0.401 e. The zero-order valence-corrected chi connectivity index (χ0v) is 12.2. The molecule has 2 aromatic rings. The molecule has 0 N–H and O–H groups in total. The molecule has 0 heterocycles. The summed E-state index contributed by atoms with van der Waals surface area (Å²) in [5, 5.41) is 10.6. The van der Waals surface area contributed by atoms with Gasteiger partial charge in [0.1, 0.15) is 0 Å². The number of nitro groups is 1. The van der Waals surface area contributed by atoms with Gasteiger partial charge in [0, 0.05) is 25.2 Å². The molecule has 0 aliphatic rings. The lowest BCUT2D eigenvalue weighted by molar-refractivity contribution is -0.384. The maximum absolute atomic E-state index is 12.8. The zero-order chi connectivity index (χ0) is 16.9. The molecule has 0 aromatic heterocycles. The highest BCUT2D eigenvalue weighted by Gasteiger charge is 2.30. The summed E-state index contributed by atoms with van der Waals surface area (Å²) >= 11 is 0. The molecule has 0 unspecified atom stereocenters. The third kappa shape index (κ3) is 5.71. The predicted octanol–water partition coefficient (Wildman–Crippen LogP) is 4.16. The Morgan fingerprint density at radius 3 is 1.91 bits per heavy atom. The van der Waals surface area contributed by atoms with Gasteiger partial charge in [-0.3, -0.25) is 15.0 Å². The average Bonchev–Trinajstić information content (AvgIpc) is 2.47. The van der Waals surface area contributed by atoms with Crippen LogP contribution in [0.3, 0.4) is 0 Å². The van der Waals surface area contributed by atoms with Crippen LogP contribution in [-0.2, 0) is 13.1 Å². The molecule has 0 fully saturated rings. The summed E-state index contributed by atoms with van der Waals surface area (Å²) in [6.07, 6.45) is -4.31. The van der Waals surface area contributed by atoms with Gasteiger partial charge in [0.05, 0.1) is 11.5 Å². The van der Waals surface area contributed by atoms with E-state index in [1.54, 1.807) is 30.3 Å². The third-order valence-electron chi connectivity index (χ3n) is 3.21. The summed E-state index contributed by atoms with van der Waals surface area (Å²) in [5.74, 6) is 0. The second-order valence-corrected chi connectivity index (χ2v) is 5.17. The van der Waals surface area contributed by atoms with Crippen molar-refractivity contribution in [2.24, 2.45) is 0 Å². The van der Waals surface area contributed by atoms with Crippen LogP contribution in [-0.4, -0.2) is 22.5 Å². The van der Waals surface area contributed by atoms with E-state index in [-0.39, 0.29) is 18.8 Å². The molecule has 0 radical (unpaired) electrons. The lowest BCUT2D eigenvalue weighted by Crippen LogP contribution is -2.33. The number of hydrogen-bond acceptors (Lipinski definition) is 3. The molecule has 0 saturated heterocycles. The smallest absolute Gasteiger partial charge is 0.286 e. The van der Waals surface area contributed by atoms with Crippen LogP contribution in [0.4, 0.5) is 18.9 Å². The minimum atomic E-state index is -4.31. The molecule has 122 valence electrons. The fourth-order valence-corrected chi connectivity index (χ4v) is 2.24. The lowest BCUT2D eigenvalue weighted by atomic mass is 10.1. The van der Waals surface area contributed by atoms with Crippen molar-refractivity contribution in [1.29, 1.82) is 0 Å². The van der Waals surface area contributed by atoms with Gasteiger partial charge in [0.25, 0.3) is 5.69 Å². The van der Waals surface area contributed by atoms with Crippen LogP contribution in [0.5, 0.6) is 0 Å². The summed E-state index contributed by atoms with van der Waals surface area (Å²) in [6.45, 7) is -0.831. The molecule has 2 rings (SSSR count). The monoisotopic (exact) mass is 324 g/mol. The van der Waals surface area contributed by atoms with Gasteiger partial charge in [-0.25, -0.2) is 0 Å². The van der Waals surface area contributed by atoms with Crippen molar-refractivity contribution in [2.75, 3.05) is 6.54 Å². The maximum Gasteiger partial charge on any atom is 0.401 e. The number of halogens is 3. The Kier molecular flexibility index (Phi) is 5.33. The molecule has 2 aromatic carbocycles. The van der Waals surface area contributed by atoms with Crippen molar-refractivity contribution in [3.05, 3.63) is 75.8 Å². The number of rotatable bonds is 6. The number of nitrogens with zero attached hydrogens (tertiary/aromatic N) is 2. The topological polar surface area (TPSA) is 46.4 Å². The van der Waals surface area contributed by atoms with Crippen molar-refractivity contribution in [2.45, 2.75) is 19.3 Å². The van der Waals surface area contributed by atoms with E-state index in [9.17, 15) is 23.3 Å². The first-order chi connectivity index (χ1) is 10.8. The second kappa shape index (κ2) is 7.23. The van der Waals surface area contributed by atoms with Crippen molar-refractivity contribution in [3.63, 3.8) is 0 Å². The summed E-state index contributed by atoms with van der Waals surface area (Å²) in [6, 6.07) is 14.4. The first kappa shape index (κ1) is 17.0. The van der Waals surface area contributed by atoms with Crippen LogP contribution >= 0.6 is 0 Å². The zero-order valence-electron chi connectivity index (χ0n) is 12.2. The lowest BCUT2D eigenvalue weighted by Gasteiger charge is -2.23. The van der Waals surface area contributed by atoms with E-state index in [1.165, 1.54) is 29.2 Å². The molecular formula is C16H15F3N2O2. The predicted molar refractivity (Wildman–Crippen MR) is 79.7 cm³/mol. The fraction of sp³-hybridized carbons (Fsp3) is 0.250. The standard InChI is InChI=1S/C16H15F3N2O2/c17-16(18,19)12-20(10-13-4-2-1-3-5-13)11-14-6-8-15(9-7-14)21(22)23/h1-9H,10-12H2. The van der Waals surface area contributed by atoms with Gasteiger partial charge in [-0.1, -0.05) is 42.5 Å². The molecule has 0 amide bonds. The van der Waals surface area contributed by atoms with Gasteiger partial charge in [-0.2, -0.15) is 13.2 Å². The third-order valence-corrected chi connectivity index (χ3v) is 3.21. The first-order valence-electron chi connectivity index (χ1n) is 6.90. The highest BCUT2D eigenvalue weighted by molar-refractivity contribution is 5.32. The SMILES string of the molecule is O=[N+]([O-])c1ccc(CN(Cc2ccccc2)CC(F)(F)F)cc1. The van der Waals surface area contributed by atoms with Crippen molar-refractivity contribution < 1.29 is 18.1 Å². The van der Waals surface area contributed by atoms with Crippen LogP contribution in [0.1, 0.15) is 11.1 Å². The molecular weight excluding hydrogens is 309 g/mol. The first-order valence-corrected chi connectivity index (χ1v) is 6.90. The van der Waals surface area contributed by atoms with Crippen LogP contribution in [0.25, 0.3) is 0 Å². The van der Waals surface area contributed by atoms with Crippen LogP contribution in [0.2, 0.25) is 0 Å². The van der Waals surface area contributed by atoms with Gasteiger partial charge >= 0.3 is 6.18 Å². The van der Waals surface area contributed by atoms with Crippen LogP contribution in [0.15, 0.2) is 54.6 Å². The Bertz CT molecular complexity index is 643. The minimum absolute atomic E-state index is 0.0619.